The van der Waals surface area contributed by atoms with E-state index in [1.165, 1.54) is 18.5 Å². The van der Waals surface area contributed by atoms with Crippen LogP contribution in [0.3, 0.4) is 0 Å². The van der Waals surface area contributed by atoms with Gasteiger partial charge in [-0.15, -0.1) is 0 Å². The van der Waals surface area contributed by atoms with Crippen LogP contribution < -0.4 is 5.73 Å². The maximum absolute atomic E-state index is 13.9. The third kappa shape index (κ3) is 5.23. The molecule has 2 heterocycles. The molecule has 192 valence electrons. The van der Waals surface area contributed by atoms with Crippen LogP contribution in [0.2, 0.25) is 0 Å². The van der Waals surface area contributed by atoms with Gasteiger partial charge in [0.15, 0.2) is 0 Å². The molecule has 1 aromatic heterocycles. The fraction of sp³-hybridized carbons (Fsp3) is 0.423. The highest BCUT2D eigenvalue weighted by Crippen LogP contribution is 2.41. The van der Waals surface area contributed by atoms with Gasteiger partial charge in [0.25, 0.3) is 5.91 Å². The summed E-state index contributed by atoms with van der Waals surface area (Å²) in [6.45, 7) is 6.67. The summed E-state index contributed by atoms with van der Waals surface area (Å²) >= 11 is 0. The van der Waals surface area contributed by atoms with Crippen molar-refractivity contribution in [1.29, 1.82) is 0 Å². The number of halogens is 3. The number of benzene rings is 1. The Hall–Kier alpha value is -3.40. The number of allylic oxidation sites excluding steroid dienone is 3. The Balaban J connectivity index is 1.41. The highest BCUT2D eigenvalue weighted by molar-refractivity contribution is 5.93. The lowest BCUT2D eigenvalue weighted by Gasteiger charge is -2.28. The van der Waals surface area contributed by atoms with Crippen LogP contribution in [0.15, 0.2) is 49.3 Å². The fourth-order valence-corrected chi connectivity index (χ4v) is 5.38. The van der Waals surface area contributed by atoms with Crippen LogP contribution in [0.4, 0.5) is 18.0 Å². The molecule has 10 heteroatoms. The number of primary amides is 1. The first-order valence-corrected chi connectivity index (χ1v) is 11.8. The molecule has 7 nitrogen and oxygen atoms in total. The third-order valence-electron chi connectivity index (χ3n) is 7.34. The summed E-state index contributed by atoms with van der Waals surface area (Å²) in [5.41, 5.74) is 6.27. The van der Waals surface area contributed by atoms with E-state index in [0.717, 1.165) is 23.1 Å². The minimum Gasteiger partial charge on any atom is -0.366 e. The normalized spacial score (nSPS) is 22.2. The molecule has 1 saturated carbocycles. The van der Waals surface area contributed by atoms with Gasteiger partial charge in [0.05, 0.1) is 17.3 Å². The minimum atomic E-state index is -4.45. The Morgan fingerprint density at radius 3 is 2.44 bits per heavy atom. The van der Waals surface area contributed by atoms with Crippen LogP contribution in [0.25, 0.3) is 5.57 Å². The van der Waals surface area contributed by atoms with Crippen LogP contribution in [-0.2, 0) is 12.7 Å². The number of aromatic nitrogens is 2. The lowest BCUT2D eigenvalue weighted by molar-refractivity contribution is -0.138. The summed E-state index contributed by atoms with van der Waals surface area (Å²) in [5.74, 6) is -0.114. The van der Waals surface area contributed by atoms with E-state index in [0.29, 0.717) is 18.7 Å². The van der Waals surface area contributed by atoms with E-state index in [1.54, 1.807) is 36.1 Å². The number of fused-ring (bicyclic) bond motifs is 1. The van der Waals surface area contributed by atoms with Crippen LogP contribution >= 0.6 is 0 Å². The highest BCUT2D eigenvalue weighted by Gasteiger charge is 2.44. The maximum atomic E-state index is 13.9. The van der Waals surface area contributed by atoms with E-state index in [1.807, 2.05) is 11.9 Å². The van der Waals surface area contributed by atoms with E-state index < -0.39 is 17.6 Å². The fourth-order valence-electron chi connectivity index (χ4n) is 5.38. The molecule has 2 amide bonds. The van der Waals surface area contributed by atoms with Gasteiger partial charge >= 0.3 is 12.2 Å². The van der Waals surface area contributed by atoms with E-state index in [4.69, 9.17) is 5.73 Å². The molecule has 4 rings (SSSR count). The minimum absolute atomic E-state index is 0.131. The second kappa shape index (κ2) is 9.93. The van der Waals surface area contributed by atoms with Gasteiger partial charge in [-0.2, -0.15) is 23.0 Å². The summed E-state index contributed by atoms with van der Waals surface area (Å²) in [6, 6.07) is 4.32. The second-order valence-corrected chi connectivity index (χ2v) is 9.74. The molecule has 0 bridgehead atoms. The Morgan fingerprint density at radius 1 is 1.22 bits per heavy atom. The van der Waals surface area contributed by atoms with Gasteiger partial charge < -0.3 is 10.6 Å². The zero-order valence-corrected chi connectivity index (χ0v) is 20.3. The predicted octanol–water partition coefficient (Wildman–Crippen LogP) is 4.40. The first kappa shape index (κ1) is 25.7. The van der Waals surface area contributed by atoms with Crippen molar-refractivity contribution in [2.45, 2.75) is 38.5 Å². The van der Waals surface area contributed by atoms with Gasteiger partial charge in [-0.3, -0.25) is 9.69 Å². The number of amides is 2. The van der Waals surface area contributed by atoms with Gasteiger partial charge in [0, 0.05) is 31.9 Å². The van der Waals surface area contributed by atoms with Crippen molar-refractivity contribution in [3.8, 4) is 0 Å². The first-order valence-electron chi connectivity index (χ1n) is 11.8. The number of alkyl halides is 3. The number of hydrogen-bond donors (Lipinski definition) is 1. The molecule has 3 atom stereocenters. The molecular weight excluding hydrogens is 471 g/mol. The molecular formula is C26H30F3N5O2. The van der Waals surface area contributed by atoms with Crippen molar-refractivity contribution >= 4 is 17.5 Å². The molecule has 2 aromatic rings. The van der Waals surface area contributed by atoms with E-state index in [-0.39, 0.29) is 41.6 Å². The number of hydrogen-bond acceptors (Lipinski definition) is 4. The number of rotatable bonds is 6. The van der Waals surface area contributed by atoms with Gasteiger partial charge in [0.1, 0.15) is 0 Å². The van der Waals surface area contributed by atoms with E-state index in [9.17, 15) is 22.8 Å². The predicted molar refractivity (Wildman–Crippen MR) is 130 cm³/mol. The van der Waals surface area contributed by atoms with Gasteiger partial charge in [-0.25, -0.2) is 4.79 Å². The molecule has 0 spiro atoms. The highest BCUT2D eigenvalue weighted by atomic mass is 19.4. The monoisotopic (exact) mass is 501 g/mol. The van der Waals surface area contributed by atoms with Crippen LogP contribution in [0.5, 0.6) is 0 Å². The van der Waals surface area contributed by atoms with Gasteiger partial charge in [-0.05, 0) is 61.4 Å². The van der Waals surface area contributed by atoms with Crippen LogP contribution in [0.1, 0.15) is 46.8 Å². The quantitative estimate of drug-likeness (QED) is 0.595. The largest absolute Gasteiger partial charge is 0.416 e. The summed E-state index contributed by atoms with van der Waals surface area (Å²) in [7, 11) is 1.86. The van der Waals surface area contributed by atoms with E-state index in [2.05, 4.69) is 11.7 Å². The number of nitrogens with two attached hydrogens (primary N) is 1. The third-order valence-corrected chi connectivity index (χ3v) is 7.34. The van der Waals surface area contributed by atoms with Gasteiger partial charge in [-0.1, -0.05) is 30.9 Å². The smallest absolute Gasteiger partial charge is 0.366 e. The number of likely N-dealkylation sites (tertiary alicyclic amines) is 1. The van der Waals surface area contributed by atoms with Crippen molar-refractivity contribution in [3.63, 3.8) is 0 Å². The molecule has 1 unspecified atom stereocenters. The van der Waals surface area contributed by atoms with Crippen molar-refractivity contribution < 1.29 is 22.8 Å². The Kier molecular flexibility index (Phi) is 7.08. The number of carbonyl (C=O) groups excluding carboxylic acids is 2. The Labute approximate surface area is 208 Å². The summed E-state index contributed by atoms with van der Waals surface area (Å²) in [5, 5.41) is 3.94. The van der Waals surface area contributed by atoms with Crippen LogP contribution in [-0.4, -0.2) is 57.7 Å². The standard InChI is InChI=1S/C26H30F3N5O2/c1-4-5-16(2)17-6-7-18(23(10-17)26(27,28)29)12-32(3)22-8-19-13-33(14-20(19)9-22)25(36)34-15-21(11-31-34)24(30)35/h4-7,10-11,15,19-20,22H,1,8-9,12-14H2,2-3H3,(H2,30,35)/b16-5+/t19-,20+,22?. The van der Waals surface area contributed by atoms with Crippen molar-refractivity contribution in [2.75, 3.05) is 20.1 Å². The average Bonchev–Trinajstić information content (AvgIpc) is 3.53. The van der Waals surface area contributed by atoms with Crippen molar-refractivity contribution in [3.05, 3.63) is 71.6 Å². The molecule has 1 saturated heterocycles. The second-order valence-electron chi connectivity index (χ2n) is 9.74. The maximum Gasteiger partial charge on any atom is 0.416 e. The van der Waals surface area contributed by atoms with Crippen molar-refractivity contribution in [1.82, 2.24) is 19.6 Å². The number of nitrogens with zero attached hydrogens (tertiary/aromatic N) is 4. The molecule has 2 N–H and O–H groups in total. The van der Waals surface area contributed by atoms with E-state index >= 15 is 0 Å². The topological polar surface area (TPSA) is 84.5 Å². The average molecular weight is 502 g/mol. The van der Waals surface area contributed by atoms with Crippen LogP contribution in [0, 0.1) is 11.8 Å². The molecule has 0 radical (unpaired) electrons. The first-order chi connectivity index (χ1) is 17.0. The molecule has 2 fully saturated rings. The molecule has 1 aliphatic heterocycles. The zero-order valence-electron chi connectivity index (χ0n) is 20.3. The molecule has 1 aliphatic carbocycles. The summed E-state index contributed by atoms with van der Waals surface area (Å²) < 4.78 is 42.7. The molecule has 1 aromatic carbocycles. The Bertz CT molecular complexity index is 1190. The summed E-state index contributed by atoms with van der Waals surface area (Å²) in [4.78, 5) is 27.7. The lowest BCUT2D eigenvalue weighted by atomic mass is 9.98. The number of carbonyl (C=O) groups is 2. The lowest BCUT2D eigenvalue weighted by Crippen LogP contribution is -2.36. The SMILES string of the molecule is C=C/C=C(\C)c1ccc(CN(C)C2C[C@@H]3CN(C(=O)n4cc(C(N)=O)cn4)C[C@@H]3C2)c(C(F)(F)F)c1. The zero-order chi connectivity index (χ0) is 26.2. The van der Waals surface area contributed by atoms with Gasteiger partial charge in [0.2, 0.25) is 0 Å². The summed E-state index contributed by atoms with van der Waals surface area (Å²) in [6.07, 6.45) is 3.00. The Morgan fingerprint density at radius 2 is 1.89 bits per heavy atom. The van der Waals surface area contributed by atoms with Crippen molar-refractivity contribution in [2.24, 2.45) is 17.6 Å². The molecule has 2 aliphatic rings. The molecule has 36 heavy (non-hydrogen) atoms.